The van der Waals surface area contributed by atoms with Crippen molar-refractivity contribution < 1.29 is 4.42 Å². The van der Waals surface area contributed by atoms with Crippen LogP contribution in [0.15, 0.2) is 211 Å². The summed E-state index contributed by atoms with van der Waals surface area (Å²) in [5, 5.41) is 6.01. The van der Waals surface area contributed by atoms with Crippen molar-refractivity contribution in [1.82, 2.24) is 4.57 Å². The minimum Gasteiger partial charge on any atom is -0.454 e. The Morgan fingerprint density at radius 2 is 1.02 bits per heavy atom. The maximum Gasteiger partial charge on any atom is 0.264 e. The molecule has 0 saturated carbocycles. The molecule has 16 rings (SSSR count). The molecule has 0 radical (unpaired) electrons. The van der Waals surface area contributed by atoms with Crippen molar-refractivity contribution in [3.8, 4) is 16.8 Å². The summed E-state index contributed by atoms with van der Waals surface area (Å²) >= 11 is 1.95. The molecule has 13 aromatic rings. The molecule has 0 N–H and O–H groups in total. The van der Waals surface area contributed by atoms with Crippen molar-refractivity contribution in [2.24, 2.45) is 0 Å². The number of anilines is 9. The van der Waals surface area contributed by atoms with E-state index in [2.05, 4.69) is 288 Å². The second-order valence-corrected chi connectivity index (χ2v) is 26.9. The average Bonchev–Trinajstić information content (AvgIpc) is 1.91. The van der Waals surface area contributed by atoms with Gasteiger partial charge in [-0.25, -0.2) is 0 Å². The zero-order chi connectivity index (χ0) is 55.0. The number of para-hydroxylation sites is 4. The quantitative estimate of drug-likeness (QED) is 0.161. The Labute approximate surface area is 478 Å². The lowest BCUT2D eigenvalue weighted by atomic mass is 9.35. The third-order valence-corrected chi connectivity index (χ3v) is 18.9. The molecule has 6 heterocycles. The van der Waals surface area contributed by atoms with Gasteiger partial charge in [-0.2, -0.15) is 0 Å². The first-order chi connectivity index (χ1) is 39.1. The smallest absolute Gasteiger partial charge is 0.264 e. The van der Waals surface area contributed by atoms with E-state index in [0.29, 0.717) is 0 Å². The van der Waals surface area contributed by atoms with Crippen molar-refractivity contribution >= 4 is 139 Å². The minimum absolute atomic E-state index is 0.0350. The van der Waals surface area contributed by atoms with E-state index < -0.39 is 0 Å². The van der Waals surface area contributed by atoms with E-state index >= 15 is 0 Å². The number of benzene rings is 10. The highest BCUT2D eigenvalue weighted by atomic mass is 32.1. The van der Waals surface area contributed by atoms with Gasteiger partial charge >= 0.3 is 0 Å². The predicted molar refractivity (Wildman–Crippen MR) is 347 cm³/mol. The summed E-state index contributed by atoms with van der Waals surface area (Å²) in [6, 6.07) is 77.6. The number of fused-ring (bicyclic) bond motifs is 14. The Balaban J connectivity index is 1.11. The van der Waals surface area contributed by atoms with Crippen molar-refractivity contribution in [3.63, 3.8) is 0 Å². The SMILES string of the molecule is CC(C)(C)c1cc2c3c(c1)-n1c4ccc(C(C)(C)C)cc4c4cc(C(C)(C)C)cc(c41)N3c1cc(N(c3ccccc3)c3ccccc3)cc3c1B2c1sc2ccc(-c4ccccc4)cc2c1N3c1cccc2c1oc1ccccc12. The third-order valence-electron chi connectivity index (χ3n) is 17.7. The van der Waals surface area contributed by atoms with Gasteiger partial charge < -0.3 is 23.7 Å². The fourth-order valence-electron chi connectivity index (χ4n) is 13.6. The molecule has 0 aliphatic carbocycles. The molecule has 0 bridgehead atoms. The van der Waals surface area contributed by atoms with Crippen LogP contribution in [-0.2, 0) is 16.2 Å². The average molecular weight is 1070 g/mol. The number of hydrogen-bond donors (Lipinski definition) is 0. The van der Waals surface area contributed by atoms with Gasteiger partial charge in [0.2, 0.25) is 0 Å². The van der Waals surface area contributed by atoms with Crippen molar-refractivity contribution in [2.75, 3.05) is 14.7 Å². The van der Waals surface area contributed by atoms with Crippen LogP contribution in [0.4, 0.5) is 51.2 Å². The highest BCUT2D eigenvalue weighted by Gasteiger charge is 2.49. The first-order valence-electron chi connectivity index (χ1n) is 28.6. The summed E-state index contributed by atoms with van der Waals surface area (Å²) < 4.78 is 12.4. The lowest BCUT2D eigenvalue weighted by Crippen LogP contribution is -2.61. The molecule has 10 aromatic carbocycles. The van der Waals surface area contributed by atoms with Crippen LogP contribution in [0.2, 0.25) is 0 Å². The fourth-order valence-corrected chi connectivity index (χ4v) is 14.9. The van der Waals surface area contributed by atoms with Gasteiger partial charge in [0.05, 0.1) is 45.2 Å². The van der Waals surface area contributed by atoms with Gasteiger partial charge in [-0.15, -0.1) is 11.3 Å². The van der Waals surface area contributed by atoms with Gasteiger partial charge in [0.1, 0.15) is 5.58 Å². The predicted octanol–water partition coefficient (Wildman–Crippen LogP) is 19.3. The first-order valence-corrected chi connectivity index (χ1v) is 29.4. The molecule has 0 unspecified atom stereocenters. The zero-order valence-corrected chi connectivity index (χ0v) is 48.1. The van der Waals surface area contributed by atoms with E-state index in [1.54, 1.807) is 0 Å². The van der Waals surface area contributed by atoms with Crippen LogP contribution < -0.4 is 30.4 Å². The maximum atomic E-state index is 7.16. The molecular weight excluding hydrogens is 1000 g/mol. The summed E-state index contributed by atoms with van der Waals surface area (Å²) in [5.74, 6) is 0. The molecule has 81 heavy (non-hydrogen) atoms. The lowest BCUT2D eigenvalue weighted by molar-refractivity contribution is 0.590. The van der Waals surface area contributed by atoms with Crippen LogP contribution in [0.1, 0.15) is 79.0 Å². The molecule has 3 aromatic heterocycles. The molecule has 0 spiro atoms. The lowest BCUT2D eigenvalue weighted by Gasteiger charge is -2.46. The Morgan fingerprint density at radius 1 is 0.420 bits per heavy atom. The molecule has 392 valence electrons. The monoisotopic (exact) mass is 1060 g/mol. The minimum atomic E-state index is -0.168. The van der Waals surface area contributed by atoms with Gasteiger partial charge in [-0.1, -0.05) is 178 Å². The van der Waals surface area contributed by atoms with E-state index in [1.165, 1.54) is 104 Å². The standard InChI is InChI=1S/C74H61BN4OS/c1-72(2,3)46-33-34-58-54(37-46)55-38-47(73(4,5)6)40-62-67(55)77(58)63-41-48(74(7,8)9)39-57-69(63)79(62)61-43-51(76(49-24-15-11-16-25-49)50-26-17-12-18-27-50)42-60-66(61)75(57)71-68(56-36-45(32-35-65(56)81-71)44-22-13-10-14-23-44)78(60)59-30-21-29-53-52-28-19-20-31-64(52)80-70(53)59/h10-43H,1-9H3. The number of nitrogens with zero attached hydrogens (tertiary/aromatic N) is 4. The van der Waals surface area contributed by atoms with E-state index in [4.69, 9.17) is 4.42 Å². The van der Waals surface area contributed by atoms with Gasteiger partial charge in [0.25, 0.3) is 6.71 Å². The number of rotatable bonds is 5. The Kier molecular flexibility index (Phi) is 10.0. The number of thiophene rings is 1. The van der Waals surface area contributed by atoms with Crippen LogP contribution >= 0.6 is 11.3 Å². The summed E-state index contributed by atoms with van der Waals surface area (Å²) in [6.45, 7) is 21.1. The Hall–Kier alpha value is -8.78. The Bertz CT molecular complexity index is 4740. The molecule has 0 saturated heterocycles. The summed E-state index contributed by atoms with van der Waals surface area (Å²) in [4.78, 5) is 7.77. The fraction of sp³-hybridized carbons (Fsp3) is 0.162. The van der Waals surface area contributed by atoms with Crippen LogP contribution in [0, 0.1) is 0 Å². The van der Waals surface area contributed by atoms with Gasteiger partial charge in [-0.3, -0.25) is 0 Å². The van der Waals surface area contributed by atoms with Crippen LogP contribution in [0.3, 0.4) is 0 Å². The molecule has 3 aliphatic heterocycles. The van der Waals surface area contributed by atoms with Gasteiger partial charge in [-0.05, 0) is 146 Å². The zero-order valence-electron chi connectivity index (χ0n) is 47.3. The largest absolute Gasteiger partial charge is 0.454 e. The number of furan rings is 1. The van der Waals surface area contributed by atoms with Gasteiger partial charge in [0, 0.05) is 59.2 Å². The van der Waals surface area contributed by atoms with Crippen LogP contribution in [-0.4, -0.2) is 11.3 Å². The molecule has 0 atom stereocenters. The van der Waals surface area contributed by atoms with Crippen molar-refractivity contribution in [2.45, 2.75) is 78.6 Å². The third kappa shape index (κ3) is 7.04. The van der Waals surface area contributed by atoms with Crippen LogP contribution in [0.5, 0.6) is 0 Å². The second kappa shape index (κ2) is 16.9. The number of hydrogen-bond acceptors (Lipinski definition) is 5. The van der Waals surface area contributed by atoms with Crippen molar-refractivity contribution in [1.29, 1.82) is 0 Å². The van der Waals surface area contributed by atoms with E-state index in [9.17, 15) is 0 Å². The maximum absolute atomic E-state index is 7.16. The molecule has 0 amide bonds. The molecule has 7 heteroatoms. The van der Waals surface area contributed by atoms with Crippen molar-refractivity contribution in [3.05, 3.63) is 223 Å². The second-order valence-electron chi connectivity index (χ2n) is 25.8. The molecule has 5 nitrogen and oxygen atoms in total. The highest BCUT2D eigenvalue weighted by molar-refractivity contribution is 7.33. The van der Waals surface area contributed by atoms with E-state index in [0.717, 1.165) is 50.4 Å². The molecular formula is C74H61BN4OS. The number of aromatic nitrogens is 1. The first kappa shape index (κ1) is 48.2. The Morgan fingerprint density at radius 3 is 1.72 bits per heavy atom. The normalized spacial score (nSPS) is 13.7. The topological polar surface area (TPSA) is 27.8 Å². The van der Waals surface area contributed by atoms with E-state index in [1.807, 2.05) is 11.3 Å². The summed E-state index contributed by atoms with van der Waals surface area (Å²) in [6.07, 6.45) is 0. The molecule has 0 fully saturated rings. The highest BCUT2D eigenvalue weighted by Crippen LogP contribution is 2.57. The van der Waals surface area contributed by atoms with Gasteiger partial charge in [0.15, 0.2) is 5.58 Å². The van der Waals surface area contributed by atoms with E-state index in [-0.39, 0.29) is 23.0 Å². The summed E-state index contributed by atoms with van der Waals surface area (Å²) in [7, 11) is 0. The molecule has 3 aliphatic rings. The van der Waals surface area contributed by atoms with Crippen LogP contribution in [0.25, 0.3) is 70.6 Å². The summed E-state index contributed by atoms with van der Waals surface area (Å²) in [5.41, 5.74) is 24.3.